The second kappa shape index (κ2) is 7.85. The largest absolute Gasteiger partial charge is 0.0898 e. The van der Waals surface area contributed by atoms with Crippen LogP contribution in [0.3, 0.4) is 0 Å². The average Bonchev–Trinajstić information content (AvgIpc) is 2.48. The van der Waals surface area contributed by atoms with Crippen LogP contribution in [0.4, 0.5) is 0 Å². The van der Waals surface area contributed by atoms with Gasteiger partial charge in [0.25, 0.3) is 0 Å². The van der Waals surface area contributed by atoms with Crippen LogP contribution in [0.25, 0.3) is 4.91 Å². The Hall–Kier alpha value is -1.47. The zero-order chi connectivity index (χ0) is 13.3. The number of benzene rings is 2. The molecule has 19 heavy (non-hydrogen) atoms. The van der Waals surface area contributed by atoms with Gasteiger partial charge in [-0.1, -0.05) is 86.1 Å². The number of thioether (sulfide) groups is 1. The normalized spacial score (nSPS) is 11.5. The highest BCUT2D eigenvalue weighted by atomic mass is 32.2. The first kappa shape index (κ1) is 14.0. The molecule has 2 aromatic rings. The molecular weight excluding hydrogens is 248 g/mol. The maximum absolute atomic E-state index is 2.37. The minimum Gasteiger partial charge on any atom is -0.0898 e. The summed E-state index contributed by atoms with van der Waals surface area (Å²) in [7, 11) is 0. The van der Waals surface area contributed by atoms with Crippen molar-refractivity contribution in [1.29, 1.82) is 0 Å². The van der Waals surface area contributed by atoms with Crippen LogP contribution in [0.1, 0.15) is 31.7 Å². The Kier molecular flexibility index (Phi) is 5.77. The van der Waals surface area contributed by atoms with Crippen LogP contribution in [0.15, 0.2) is 71.6 Å². The highest BCUT2D eigenvalue weighted by Crippen LogP contribution is 2.34. The maximum Gasteiger partial charge on any atom is 0.0154 e. The van der Waals surface area contributed by atoms with E-state index in [-0.39, 0.29) is 0 Å². The van der Waals surface area contributed by atoms with Gasteiger partial charge in [-0.2, -0.15) is 0 Å². The first-order chi connectivity index (χ1) is 9.40. The number of hydrogen-bond acceptors (Lipinski definition) is 1. The zero-order valence-electron chi connectivity index (χ0n) is 11.4. The summed E-state index contributed by atoms with van der Waals surface area (Å²) in [6.45, 7) is 2.24. The lowest BCUT2D eigenvalue weighted by Crippen LogP contribution is -1.81. The molecule has 0 fully saturated rings. The van der Waals surface area contributed by atoms with E-state index < -0.39 is 0 Å². The number of allylic oxidation sites excluding steroid dienone is 1. The smallest absolute Gasteiger partial charge is 0.0154 e. The molecule has 0 aromatic heterocycles. The molecule has 0 bridgehead atoms. The number of unbranched alkanes of at least 4 members (excludes halogenated alkanes) is 2. The molecule has 2 aromatic carbocycles. The molecule has 0 radical (unpaired) electrons. The first-order valence-corrected chi connectivity index (χ1v) is 7.70. The molecule has 0 heterocycles. The van der Waals surface area contributed by atoms with Crippen molar-refractivity contribution in [2.24, 2.45) is 0 Å². The van der Waals surface area contributed by atoms with Gasteiger partial charge in [-0.15, -0.1) is 0 Å². The monoisotopic (exact) mass is 268 g/mol. The van der Waals surface area contributed by atoms with E-state index >= 15 is 0 Å². The lowest BCUT2D eigenvalue weighted by molar-refractivity contribution is 0.816. The second-order valence-electron chi connectivity index (χ2n) is 4.49. The van der Waals surface area contributed by atoms with Gasteiger partial charge in [0.2, 0.25) is 0 Å². The molecule has 0 nitrogen and oxygen atoms in total. The molecule has 0 atom stereocenters. The number of hydrogen-bond donors (Lipinski definition) is 0. The summed E-state index contributed by atoms with van der Waals surface area (Å²) in [5.74, 6) is 0. The fourth-order valence-electron chi connectivity index (χ4n) is 1.87. The molecule has 0 N–H and O–H groups in total. The van der Waals surface area contributed by atoms with Gasteiger partial charge in [0.05, 0.1) is 0 Å². The van der Waals surface area contributed by atoms with Crippen molar-refractivity contribution in [1.82, 2.24) is 0 Å². The first-order valence-electron chi connectivity index (χ1n) is 6.88. The Morgan fingerprint density at radius 1 is 0.947 bits per heavy atom. The van der Waals surface area contributed by atoms with Crippen molar-refractivity contribution in [2.45, 2.75) is 31.1 Å². The summed E-state index contributed by atoms with van der Waals surface area (Å²) in [6, 6.07) is 21.2. The van der Waals surface area contributed by atoms with Crippen LogP contribution in [0, 0.1) is 0 Å². The van der Waals surface area contributed by atoms with Crippen molar-refractivity contribution in [3.63, 3.8) is 0 Å². The van der Waals surface area contributed by atoms with Crippen molar-refractivity contribution >= 4 is 16.7 Å². The van der Waals surface area contributed by atoms with E-state index in [2.05, 4.69) is 73.7 Å². The summed E-state index contributed by atoms with van der Waals surface area (Å²) in [5, 5.41) is 0. The third-order valence-corrected chi connectivity index (χ3v) is 4.05. The molecular formula is C18H20S. The van der Waals surface area contributed by atoms with E-state index in [1.54, 1.807) is 0 Å². The Morgan fingerprint density at radius 3 is 2.21 bits per heavy atom. The molecule has 0 aliphatic heterocycles. The third kappa shape index (κ3) is 4.60. The van der Waals surface area contributed by atoms with Gasteiger partial charge in [-0.05, 0) is 24.1 Å². The summed E-state index contributed by atoms with van der Waals surface area (Å²) in [5.41, 5.74) is 1.31. The zero-order valence-corrected chi connectivity index (χ0v) is 12.2. The van der Waals surface area contributed by atoms with Crippen molar-refractivity contribution in [3.05, 3.63) is 72.3 Å². The quantitative estimate of drug-likeness (QED) is 0.456. The van der Waals surface area contributed by atoms with Crippen molar-refractivity contribution < 1.29 is 0 Å². The van der Waals surface area contributed by atoms with Crippen molar-refractivity contribution in [2.75, 3.05) is 0 Å². The molecule has 1 heteroatoms. The predicted octanol–water partition coefficient (Wildman–Crippen LogP) is 6.01. The molecule has 0 aliphatic rings. The van der Waals surface area contributed by atoms with Gasteiger partial charge in [-0.25, -0.2) is 0 Å². The highest BCUT2D eigenvalue weighted by molar-refractivity contribution is 8.08. The lowest BCUT2D eigenvalue weighted by Gasteiger charge is -2.08. The molecule has 0 saturated carbocycles. The van der Waals surface area contributed by atoms with Gasteiger partial charge in [0, 0.05) is 9.80 Å². The van der Waals surface area contributed by atoms with Crippen LogP contribution in [0.5, 0.6) is 0 Å². The molecule has 2 rings (SSSR count). The minimum absolute atomic E-state index is 1.15. The van der Waals surface area contributed by atoms with Crippen LogP contribution >= 0.6 is 11.8 Å². The fraction of sp³-hybridized carbons (Fsp3) is 0.222. The topological polar surface area (TPSA) is 0 Å². The van der Waals surface area contributed by atoms with E-state index in [1.807, 2.05) is 11.8 Å². The molecule has 0 saturated heterocycles. The van der Waals surface area contributed by atoms with Gasteiger partial charge in [-0.3, -0.25) is 0 Å². The molecule has 0 amide bonds. The van der Waals surface area contributed by atoms with Crippen LogP contribution in [-0.2, 0) is 0 Å². The molecule has 0 spiro atoms. The molecule has 0 unspecified atom stereocenters. The Labute approximate surface area is 120 Å². The standard InChI is InChI=1S/C18H20S/c1-2-3-6-15-18(16-11-7-4-8-12-16)19-17-13-9-5-10-14-17/h4-5,7-15H,2-3,6H2,1H3/b18-15+. The highest BCUT2D eigenvalue weighted by Gasteiger charge is 2.03. The van der Waals surface area contributed by atoms with Gasteiger partial charge >= 0.3 is 0 Å². The van der Waals surface area contributed by atoms with Crippen LogP contribution in [-0.4, -0.2) is 0 Å². The average molecular weight is 268 g/mol. The van der Waals surface area contributed by atoms with Gasteiger partial charge in [0.15, 0.2) is 0 Å². The molecule has 98 valence electrons. The van der Waals surface area contributed by atoms with Gasteiger partial charge < -0.3 is 0 Å². The van der Waals surface area contributed by atoms with E-state index in [1.165, 1.54) is 28.2 Å². The van der Waals surface area contributed by atoms with E-state index in [4.69, 9.17) is 0 Å². The summed E-state index contributed by atoms with van der Waals surface area (Å²) >= 11 is 1.85. The SMILES string of the molecule is CCCC/C=C(/Sc1ccccc1)c1ccccc1. The van der Waals surface area contributed by atoms with Gasteiger partial charge in [0.1, 0.15) is 0 Å². The lowest BCUT2D eigenvalue weighted by atomic mass is 10.1. The molecule has 0 aliphatic carbocycles. The predicted molar refractivity (Wildman–Crippen MR) is 86.2 cm³/mol. The summed E-state index contributed by atoms with van der Waals surface area (Å²) in [6.07, 6.45) is 6.03. The Morgan fingerprint density at radius 2 is 1.58 bits per heavy atom. The van der Waals surface area contributed by atoms with Crippen LogP contribution in [0.2, 0.25) is 0 Å². The van der Waals surface area contributed by atoms with Crippen molar-refractivity contribution in [3.8, 4) is 0 Å². The Bertz CT molecular complexity index is 500. The summed E-state index contributed by atoms with van der Waals surface area (Å²) < 4.78 is 0. The van der Waals surface area contributed by atoms with E-state index in [9.17, 15) is 0 Å². The van der Waals surface area contributed by atoms with Crippen LogP contribution < -0.4 is 0 Å². The number of rotatable bonds is 6. The maximum atomic E-state index is 2.37. The van der Waals surface area contributed by atoms with E-state index in [0.717, 1.165) is 6.42 Å². The summed E-state index contributed by atoms with van der Waals surface area (Å²) in [4.78, 5) is 2.66. The minimum atomic E-state index is 1.15. The Balaban J connectivity index is 2.17. The second-order valence-corrected chi connectivity index (χ2v) is 5.61. The van der Waals surface area contributed by atoms with E-state index in [0.29, 0.717) is 0 Å². The third-order valence-electron chi connectivity index (χ3n) is 2.92. The fourth-order valence-corrected chi connectivity index (χ4v) is 2.88.